The third-order valence-electron chi connectivity index (χ3n) is 2.97. The number of hydrogen-bond donors (Lipinski definition) is 1. The van der Waals surface area contributed by atoms with Gasteiger partial charge in [0.1, 0.15) is 18.0 Å². The first-order valence-electron chi connectivity index (χ1n) is 8.75. The summed E-state index contributed by atoms with van der Waals surface area (Å²) in [5, 5.41) is 2.56. The lowest BCUT2D eigenvalue weighted by molar-refractivity contribution is 0.0511. The van der Waals surface area contributed by atoms with Gasteiger partial charge in [-0.25, -0.2) is 14.4 Å². The highest BCUT2D eigenvalue weighted by atomic mass is 16.6. The second-order valence-electron chi connectivity index (χ2n) is 6.46. The summed E-state index contributed by atoms with van der Waals surface area (Å²) in [6.45, 7) is 9.39. The van der Waals surface area contributed by atoms with Crippen molar-refractivity contribution in [3.63, 3.8) is 0 Å². The van der Waals surface area contributed by atoms with E-state index in [1.165, 1.54) is 18.2 Å². The van der Waals surface area contributed by atoms with Crippen LogP contribution in [0.2, 0.25) is 0 Å². The Labute approximate surface area is 159 Å². The molecule has 0 heterocycles. The van der Waals surface area contributed by atoms with Crippen molar-refractivity contribution in [1.29, 1.82) is 0 Å². The van der Waals surface area contributed by atoms with Crippen LogP contribution in [0.25, 0.3) is 0 Å². The molecule has 0 fully saturated rings. The molecule has 0 saturated heterocycles. The highest BCUT2D eigenvalue weighted by Crippen LogP contribution is 2.19. The number of rotatable bonds is 8. The number of carbonyl (C=O) groups excluding carboxylic acids is 3. The molecule has 150 valence electrons. The molecule has 0 bridgehead atoms. The van der Waals surface area contributed by atoms with Crippen molar-refractivity contribution in [3.8, 4) is 5.75 Å². The van der Waals surface area contributed by atoms with Crippen molar-refractivity contribution in [2.75, 3.05) is 26.4 Å². The van der Waals surface area contributed by atoms with Crippen LogP contribution in [0.5, 0.6) is 5.75 Å². The maximum Gasteiger partial charge on any atom is 0.407 e. The maximum atomic E-state index is 12.0. The van der Waals surface area contributed by atoms with E-state index >= 15 is 0 Å². The third-order valence-corrected chi connectivity index (χ3v) is 2.97. The van der Waals surface area contributed by atoms with E-state index in [2.05, 4.69) is 5.32 Å². The minimum atomic E-state index is -0.590. The summed E-state index contributed by atoms with van der Waals surface area (Å²) in [5.41, 5.74) is -0.233. The van der Waals surface area contributed by atoms with E-state index in [4.69, 9.17) is 18.9 Å². The fraction of sp³-hybridized carbons (Fsp3) is 0.526. The van der Waals surface area contributed by atoms with Gasteiger partial charge in [-0.3, -0.25) is 0 Å². The lowest BCUT2D eigenvalue weighted by Crippen LogP contribution is -2.34. The zero-order chi connectivity index (χ0) is 20.4. The van der Waals surface area contributed by atoms with Crippen LogP contribution in [0.3, 0.4) is 0 Å². The molecule has 0 unspecified atom stereocenters. The molecule has 27 heavy (non-hydrogen) atoms. The molecule has 1 amide bonds. The zero-order valence-electron chi connectivity index (χ0n) is 16.4. The van der Waals surface area contributed by atoms with E-state index in [-0.39, 0.29) is 43.2 Å². The van der Waals surface area contributed by atoms with Crippen molar-refractivity contribution >= 4 is 18.0 Å². The monoisotopic (exact) mass is 381 g/mol. The van der Waals surface area contributed by atoms with Crippen molar-refractivity contribution < 1.29 is 33.3 Å². The Morgan fingerprint density at radius 3 is 1.89 bits per heavy atom. The molecule has 0 saturated carbocycles. The van der Waals surface area contributed by atoms with Crippen LogP contribution in [0.15, 0.2) is 18.2 Å². The highest BCUT2D eigenvalue weighted by molar-refractivity contribution is 5.96. The van der Waals surface area contributed by atoms with E-state index in [0.29, 0.717) is 0 Å². The average Bonchev–Trinajstić information content (AvgIpc) is 2.57. The van der Waals surface area contributed by atoms with E-state index in [0.717, 1.165) is 0 Å². The third kappa shape index (κ3) is 8.44. The van der Waals surface area contributed by atoms with Crippen LogP contribution in [-0.4, -0.2) is 50.0 Å². The Morgan fingerprint density at radius 1 is 0.926 bits per heavy atom. The van der Waals surface area contributed by atoms with E-state index in [1.807, 2.05) is 0 Å². The number of nitrogens with one attached hydrogen (secondary N) is 1. The molecule has 1 aromatic carbocycles. The molecule has 0 aliphatic rings. The SMILES string of the molecule is CCOC(=O)c1cc(OCCNC(=O)OC(C)(C)C)cc(C(=O)OCC)c1. The molecule has 0 aliphatic carbocycles. The van der Waals surface area contributed by atoms with Gasteiger partial charge in [0.25, 0.3) is 0 Å². The summed E-state index contributed by atoms with van der Waals surface area (Å²) in [5.74, 6) is -0.852. The van der Waals surface area contributed by atoms with Gasteiger partial charge in [0, 0.05) is 0 Å². The fourth-order valence-corrected chi connectivity index (χ4v) is 1.98. The number of amides is 1. The van der Waals surface area contributed by atoms with Gasteiger partial charge in [0.05, 0.1) is 30.9 Å². The molecular formula is C19H27NO7. The topological polar surface area (TPSA) is 100 Å². The van der Waals surface area contributed by atoms with Gasteiger partial charge >= 0.3 is 18.0 Å². The number of hydrogen-bond acceptors (Lipinski definition) is 7. The van der Waals surface area contributed by atoms with Gasteiger partial charge in [0.2, 0.25) is 0 Å². The Hall–Kier alpha value is -2.77. The summed E-state index contributed by atoms with van der Waals surface area (Å²) in [7, 11) is 0. The van der Waals surface area contributed by atoms with Gasteiger partial charge < -0.3 is 24.3 Å². The first-order valence-corrected chi connectivity index (χ1v) is 8.75. The van der Waals surface area contributed by atoms with Crippen molar-refractivity contribution in [2.24, 2.45) is 0 Å². The van der Waals surface area contributed by atoms with Gasteiger partial charge in [0.15, 0.2) is 0 Å². The van der Waals surface area contributed by atoms with Crippen LogP contribution >= 0.6 is 0 Å². The minimum absolute atomic E-state index is 0.119. The van der Waals surface area contributed by atoms with E-state index < -0.39 is 23.6 Å². The smallest absolute Gasteiger partial charge is 0.407 e. The average molecular weight is 381 g/mol. The van der Waals surface area contributed by atoms with Crippen molar-refractivity contribution in [2.45, 2.75) is 40.2 Å². The first kappa shape index (κ1) is 22.3. The molecule has 8 nitrogen and oxygen atoms in total. The summed E-state index contributed by atoms with van der Waals surface area (Å²) in [6, 6.07) is 4.32. The summed E-state index contributed by atoms with van der Waals surface area (Å²) < 4.78 is 20.6. The van der Waals surface area contributed by atoms with E-state index in [1.54, 1.807) is 34.6 Å². The predicted octanol–water partition coefficient (Wildman–Crippen LogP) is 2.94. The molecule has 0 aliphatic heterocycles. The number of ether oxygens (including phenoxy) is 4. The van der Waals surface area contributed by atoms with Crippen molar-refractivity contribution in [3.05, 3.63) is 29.3 Å². The van der Waals surface area contributed by atoms with Crippen LogP contribution in [0, 0.1) is 0 Å². The summed E-state index contributed by atoms with van der Waals surface area (Å²) >= 11 is 0. The molecular weight excluding hydrogens is 354 g/mol. The highest BCUT2D eigenvalue weighted by Gasteiger charge is 2.17. The lowest BCUT2D eigenvalue weighted by Gasteiger charge is -2.19. The second-order valence-corrected chi connectivity index (χ2v) is 6.46. The quantitative estimate of drug-likeness (QED) is 0.420. The molecule has 0 aromatic heterocycles. The Kier molecular flexibility index (Phi) is 8.58. The number of benzene rings is 1. The van der Waals surface area contributed by atoms with Gasteiger partial charge in [-0.05, 0) is 52.8 Å². The molecule has 0 atom stereocenters. The van der Waals surface area contributed by atoms with Crippen LogP contribution in [0.4, 0.5) is 4.79 Å². The fourth-order valence-electron chi connectivity index (χ4n) is 1.98. The molecule has 1 aromatic rings. The summed E-state index contributed by atoms with van der Waals surface area (Å²) in [4.78, 5) is 35.5. The van der Waals surface area contributed by atoms with E-state index in [9.17, 15) is 14.4 Å². The molecule has 8 heteroatoms. The largest absolute Gasteiger partial charge is 0.492 e. The van der Waals surface area contributed by atoms with Gasteiger partial charge in [-0.2, -0.15) is 0 Å². The van der Waals surface area contributed by atoms with Gasteiger partial charge in [-0.15, -0.1) is 0 Å². The molecule has 1 N–H and O–H groups in total. The number of alkyl carbamates (subject to hydrolysis) is 1. The summed E-state index contributed by atoms with van der Waals surface area (Å²) in [6.07, 6.45) is -0.557. The normalized spacial score (nSPS) is 10.7. The Balaban J connectivity index is 2.76. The minimum Gasteiger partial charge on any atom is -0.492 e. The molecule has 0 radical (unpaired) electrons. The van der Waals surface area contributed by atoms with Crippen LogP contribution < -0.4 is 10.1 Å². The Bertz CT molecular complexity index is 628. The Morgan fingerprint density at radius 2 is 1.44 bits per heavy atom. The standard InChI is InChI=1S/C19H27NO7/c1-6-24-16(21)13-10-14(17(22)25-7-2)12-15(11-13)26-9-8-20-18(23)27-19(3,4)5/h10-12H,6-9H2,1-5H3,(H,20,23). The first-order chi connectivity index (χ1) is 12.7. The maximum absolute atomic E-state index is 12.0. The second kappa shape index (κ2) is 10.4. The van der Waals surface area contributed by atoms with Crippen LogP contribution in [0.1, 0.15) is 55.3 Å². The lowest BCUT2D eigenvalue weighted by atomic mass is 10.1. The predicted molar refractivity (Wildman–Crippen MR) is 98.1 cm³/mol. The number of esters is 2. The molecule has 0 spiro atoms. The van der Waals surface area contributed by atoms with Gasteiger partial charge in [-0.1, -0.05) is 0 Å². The zero-order valence-corrected chi connectivity index (χ0v) is 16.4. The number of carbonyl (C=O) groups is 3. The molecule has 1 rings (SSSR count). The van der Waals surface area contributed by atoms with Crippen molar-refractivity contribution in [1.82, 2.24) is 5.32 Å². The van der Waals surface area contributed by atoms with Crippen LogP contribution in [-0.2, 0) is 14.2 Å².